The van der Waals surface area contributed by atoms with E-state index in [1.165, 1.54) is 24.8 Å². The standard InChI is InChI=1S/C13H16N2.2ClH/c1-2-9-5-10(8-14-7-9)12-6-11-3-4-13(12)15-11;;/h2,5,7-8,11-13,15H,1,3-4,6H2;2*1H/t11-,12+,13+;;/m0../s1. The molecule has 2 saturated heterocycles. The number of fused-ring (bicyclic) bond motifs is 2. The molecule has 0 amide bonds. The third-order valence-electron chi connectivity index (χ3n) is 3.74. The van der Waals surface area contributed by atoms with E-state index in [1.54, 1.807) is 0 Å². The Morgan fingerprint density at radius 1 is 1.29 bits per heavy atom. The van der Waals surface area contributed by atoms with Gasteiger partial charge in [0.2, 0.25) is 0 Å². The van der Waals surface area contributed by atoms with Crippen LogP contribution in [0.15, 0.2) is 25.0 Å². The molecule has 94 valence electrons. The molecule has 3 rings (SSSR count). The van der Waals surface area contributed by atoms with Gasteiger partial charge in [-0.25, -0.2) is 0 Å². The molecular weight excluding hydrogens is 255 g/mol. The summed E-state index contributed by atoms with van der Waals surface area (Å²) in [6.07, 6.45) is 9.73. The quantitative estimate of drug-likeness (QED) is 0.895. The van der Waals surface area contributed by atoms with Crippen LogP contribution in [0, 0.1) is 0 Å². The number of halogens is 2. The number of aromatic nitrogens is 1. The van der Waals surface area contributed by atoms with Crippen LogP contribution in [0.2, 0.25) is 0 Å². The van der Waals surface area contributed by atoms with Gasteiger partial charge in [0.1, 0.15) is 0 Å². The number of hydrogen-bond acceptors (Lipinski definition) is 2. The van der Waals surface area contributed by atoms with Crippen LogP contribution in [-0.2, 0) is 0 Å². The molecule has 0 aliphatic carbocycles. The Morgan fingerprint density at radius 3 is 2.71 bits per heavy atom. The Balaban J connectivity index is 0.000000722. The lowest BCUT2D eigenvalue weighted by atomic mass is 9.84. The van der Waals surface area contributed by atoms with E-state index in [9.17, 15) is 0 Å². The molecule has 0 saturated carbocycles. The van der Waals surface area contributed by atoms with E-state index in [2.05, 4.69) is 22.9 Å². The summed E-state index contributed by atoms with van der Waals surface area (Å²) in [5.74, 6) is 0.677. The fourth-order valence-corrected chi connectivity index (χ4v) is 2.98. The summed E-state index contributed by atoms with van der Waals surface area (Å²) in [6.45, 7) is 3.79. The lowest BCUT2D eigenvalue weighted by Gasteiger charge is -2.20. The van der Waals surface area contributed by atoms with Crippen molar-refractivity contribution in [2.24, 2.45) is 0 Å². The average molecular weight is 273 g/mol. The molecule has 3 atom stereocenters. The van der Waals surface area contributed by atoms with Gasteiger partial charge in [-0.1, -0.05) is 12.7 Å². The Kier molecular flexibility index (Phi) is 4.99. The molecule has 1 aromatic rings. The molecule has 2 aliphatic rings. The molecule has 2 aliphatic heterocycles. The molecule has 2 nitrogen and oxygen atoms in total. The van der Waals surface area contributed by atoms with Gasteiger partial charge in [-0.2, -0.15) is 0 Å². The Hall–Kier alpha value is -0.570. The van der Waals surface area contributed by atoms with Gasteiger partial charge >= 0.3 is 0 Å². The Morgan fingerprint density at radius 2 is 2.12 bits per heavy atom. The highest BCUT2D eigenvalue weighted by molar-refractivity contribution is 5.85. The van der Waals surface area contributed by atoms with Gasteiger partial charge in [0.05, 0.1) is 0 Å². The summed E-state index contributed by atoms with van der Waals surface area (Å²) >= 11 is 0. The molecule has 3 heterocycles. The third-order valence-corrected chi connectivity index (χ3v) is 3.74. The van der Waals surface area contributed by atoms with Gasteiger partial charge in [-0.05, 0) is 36.5 Å². The van der Waals surface area contributed by atoms with Gasteiger partial charge in [-0.3, -0.25) is 4.98 Å². The van der Waals surface area contributed by atoms with Crippen molar-refractivity contribution < 1.29 is 0 Å². The second kappa shape index (κ2) is 5.85. The zero-order chi connectivity index (χ0) is 10.3. The molecular formula is C13H18Cl2N2. The molecule has 2 fully saturated rings. The van der Waals surface area contributed by atoms with Crippen molar-refractivity contribution >= 4 is 30.9 Å². The lowest BCUT2D eigenvalue weighted by molar-refractivity contribution is 0.505. The maximum Gasteiger partial charge on any atom is 0.0340 e. The second-order valence-electron chi connectivity index (χ2n) is 4.65. The minimum Gasteiger partial charge on any atom is -0.311 e. The van der Waals surface area contributed by atoms with Crippen LogP contribution in [0.3, 0.4) is 0 Å². The highest BCUT2D eigenvalue weighted by Crippen LogP contribution is 2.39. The van der Waals surface area contributed by atoms with Crippen LogP contribution in [-0.4, -0.2) is 17.1 Å². The normalized spacial score (nSPS) is 29.3. The van der Waals surface area contributed by atoms with Crippen LogP contribution in [0.4, 0.5) is 0 Å². The predicted octanol–water partition coefficient (Wildman–Crippen LogP) is 3.18. The highest BCUT2D eigenvalue weighted by Gasteiger charge is 2.39. The van der Waals surface area contributed by atoms with E-state index in [1.807, 2.05) is 18.5 Å². The van der Waals surface area contributed by atoms with Crippen molar-refractivity contribution in [2.75, 3.05) is 0 Å². The van der Waals surface area contributed by atoms with Crippen molar-refractivity contribution in [1.82, 2.24) is 10.3 Å². The number of nitrogens with one attached hydrogen (secondary N) is 1. The maximum atomic E-state index is 4.28. The molecule has 4 heteroatoms. The summed E-state index contributed by atoms with van der Waals surface area (Å²) in [7, 11) is 0. The Labute approximate surface area is 115 Å². The van der Waals surface area contributed by atoms with Crippen molar-refractivity contribution in [1.29, 1.82) is 0 Å². The van der Waals surface area contributed by atoms with E-state index in [4.69, 9.17) is 0 Å². The van der Waals surface area contributed by atoms with E-state index in [0.29, 0.717) is 12.0 Å². The average Bonchev–Trinajstić information content (AvgIpc) is 2.91. The van der Waals surface area contributed by atoms with Crippen molar-refractivity contribution in [3.8, 4) is 0 Å². The summed E-state index contributed by atoms with van der Waals surface area (Å²) in [6, 6.07) is 3.68. The second-order valence-corrected chi connectivity index (χ2v) is 4.65. The third kappa shape index (κ3) is 2.65. The first kappa shape index (κ1) is 14.5. The molecule has 0 aromatic carbocycles. The van der Waals surface area contributed by atoms with Crippen LogP contribution in [0.1, 0.15) is 36.3 Å². The van der Waals surface area contributed by atoms with Crippen LogP contribution < -0.4 is 5.32 Å². The van der Waals surface area contributed by atoms with Gasteiger partial charge < -0.3 is 5.32 Å². The summed E-state index contributed by atoms with van der Waals surface area (Å²) in [5.41, 5.74) is 2.52. The van der Waals surface area contributed by atoms with Crippen LogP contribution >= 0.6 is 24.8 Å². The minimum atomic E-state index is 0. The van der Waals surface area contributed by atoms with E-state index in [-0.39, 0.29) is 24.8 Å². The summed E-state index contributed by atoms with van der Waals surface area (Å²) in [4.78, 5) is 4.28. The first-order chi connectivity index (χ1) is 7.36. The maximum absolute atomic E-state index is 4.28. The van der Waals surface area contributed by atoms with E-state index < -0.39 is 0 Å². The van der Waals surface area contributed by atoms with Gasteiger partial charge in [0.15, 0.2) is 0 Å². The molecule has 0 radical (unpaired) electrons. The predicted molar refractivity (Wildman–Crippen MR) is 76.1 cm³/mol. The fourth-order valence-electron chi connectivity index (χ4n) is 2.98. The van der Waals surface area contributed by atoms with Crippen molar-refractivity contribution in [3.05, 3.63) is 36.2 Å². The SMILES string of the molecule is C=Cc1cncc([C@H]2C[C@@H]3CC[C@H]2N3)c1.Cl.Cl. The number of pyridine rings is 1. The first-order valence-corrected chi connectivity index (χ1v) is 5.70. The van der Waals surface area contributed by atoms with Gasteiger partial charge in [0.25, 0.3) is 0 Å². The number of nitrogens with zero attached hydrogens (tertiary/aromatic N) is 1. The largest absolute Gasteiger partial charge is 0.311 e. The molecule has 1 aromatic heterocycles. The van der Waals surface area contributed by atoms with Gasteiger partial charge in [0, 0.05) is 30.4 Å². The Bertz CT molecular complexity index is 395. The lowest BCUT2D eigenvalue weighted by Crippen LogP contribution is -2.21. The fraction of sp³-hybridized carbons (Fsp3) is 0.462. The molecule has 2 bridgehead atoms. The zero-order valence-electron chi connectivity index (χ0n) is 9.63. The number of rotatable bonds is 2. The van der Waals surface area contributed by atoms with Crippen molar-refractivity contribution in [3.63, 3.8) is 0 Å². The molecule has 0 unspecified atom stereocenters. The molecule has 17 heavy (non-hydrogen) atoms. The molecule has 1 N–H and O–H groups in total. The monoisotopic (exact) mass is 272 g/mol. The van der Waals surface area contributed by atoms with Gasteiger partial charge in [-0.15, -0.1) is 24.8 Å². The van der Waals surface area contributed by atoms with Crippen LogP contribution in [0.25, 0.3) is 6.08 Å². The van der Waals surface area contributed by atoms with E-state index in [0.717, 1.165) is 11.6 Å². The smallest absolute Gasteiger partial charge is 0.0340 e. The summed E-state index contributed by atoms with van der Waals surface area (Å²) in [5, 5.41) is 3.66. The highest BCUT2D eigenvalue weighted by atomic mass is 35.5. The minimum absolute atomic E-state index is 0. The topological polar surface area (TPSA) is 24.9 Å². The molecule has 0 spiro atoms. The number of hydrogen-bond donors (Lipinski definition) is 1. The van der Waals surface area contributed by atoms with Crippen LogP contribution in [0.5, 0.6) is 0 Å². The first-order valence-electron chi connectivity index (χ1n) is 5.70. The van der Waals surface area contributed by atoms with E-state index >= 15 is 0 Å². The zero-order valence-corrected chi connectivity index (χ0v) is 11.3. The van der Waals surface area contributed by atoms with Crippen molar-refractivity contribution in [2.45, 2.75) is 37.3 Å². The summed E-state index contributed by atoms with van der Waals surface area (Å²) < 4.78 is 0.